The Morgan fingerprint density at radius 3 is 2.89 bits per heavy atom. The van der Waals surface area contributed by atoms with E-state index >= 15 is 0 Å². The number of fused-ring (bicyclic) bond motifs is 1. The summed E-state index contributed by atoms with van der Waals surface area (Å²) in [6, 6.07) is 6.65. The average molecular weight is 243 g/mol. The third-order valence-corrected chi connectivity index (χ3v) is 2.57. The summed E-state index contributed by atoms with van der Waals surface area (Å²) in [6.45, 7) is 1.82. The number of rotatable bonds is 2. The summed E-state index contributed by atoms with van der Waals surface area (Å²) in [5.41, 5.74) is 1.00. The molecule has 0 saturated heterocycles. The van der Waals surface area contributed by atoms with Crippen LogP contribution >= 0.6 is 0 Å². The van der Waals surface area contributed by atoms with Crippen molar-refractivity contribution in [2.45, 2.75) is 6.92 Å². The quantitative estimate of drug-likeness (QED) is 0.744. The maximum atomic E-state index is 11.2. The topological polar surface area (TPSA) is 80.6 Å². The van der Waals surface area contributed by atoms with Crippen LogP contribution in [0.3, 0.4) is 0 Å². The van der Waals surface area contributed by atoms with Crippen molar-refractivity contribution >= 4 is 11.6 Å². The van der Waals surface area contributed by atoms with Gasteiger partial charge in [0.15, 0.2) is 17.1 Å². The van der Waals surface area contributed by atoms with Crippen LogP contribution in [0.4, 0.5) is 0 Å². The molecule has 0 amide bonds. The lowest BCUT2D eigenvalue weighted by atomic mass is 10.2. The van der Waals surface area contributed by atoms with E-state index in [1.54, 1.807) is 18.2 Å². The molecule has 0 unspecified atom stereocenters. The normalized spacial score (nSPS) is 10.9. The zero-order chi connectivity index (χ0) is 12.7. The number of hydrogen-bond donors (Lipinski definition) is 1. The SMILES string of the molecule is Cc1ccc(-c2cc(C(=O)O)n3nccc3n2)o1. The molecule has 3 rings (SSSR count). The van der Waals surface area contributed by atoms with Crippen molar-refractivity contribution < 1.29 is 14.3 Å². The number of nitrogens with zero attached hydrogens (tertiary/aromatic N) is 3. The van der Waals surface area contributed by atoms with Crippen molar-refractivity contribution in [3.8, 4) is 11.5 Å². The van der Waals surface area contributed by atoms with Gasteiger partial charge in [0.25, 0.3) is 0 Å². The summed E-state index contributed by atoms with van der Waals surface area (Å²) in [6.07, 6.45) is 1.51. The molecule has 1 N–H and O–H groups in total. The number of carboxylic acids is 1. The highest BCUT2D eigenvalue weighted by Crippen LogP contribution is 2.21. The van der Waals surface area contributed by atoms with Crippen LogP contribution in [-0.2, 0) is 0 Å². The van der Waals surface area contributed by atoms with E-state index in [1.165, 1.54) is 16.8 Å². The fourth-order valence-electron chi connectivity index (χ4n) is 1.76. The number of carbonyl (C=O) groups is 1. The van der Waals surface area contributed by atoms with Crippen LogP contribution in [0.15, 0.2) is 34.9 Å². The first-order valence-electron chi connectivity index (χ1n) is 5.30. The maximum Gasteiger partial charge on any atom is 0.354 e. The minimum Gasteiger partial charge on any atom is -0.477 e. The summed E-state index contributed by atoms with van der Waals surface area (Å²) in [4.78, 5) is 15.5. The molecule has 3 heterocycles. The fraction of sp³-hybridized carbons (Fsp3) is 0.0833. The van der Waals surface area contributed by atoms with E-state index in [9.17, 15) is 4.79 Å². The van der Waals surface area contributed by atoms with E-state index < -0.39 is 5.97 Å². The predicted octanol–water partition coefficient (Wildman–Crippen LogP) is 2.00. The molecule has 6 heteroatoms. The molecule has 0 spiro atoms. The molecule has 0 aliphatic rings. The molecule has 3 aromatic heterocycles. The molecule has 0 fully saturated rings. The summed E-state index contributed by atoms with van der Waals surface area (Å²) in [5.74, 6) is 0.228. The smallest absolute Gasteiger partial charge is 0.354 e. The molecule has 0 atom stereocenters. The first-order chi connectivity index (χ1) is 8.65. The number of carboxylic acid groups (broad SMARTS) is 1. The van der Waals surface area contributed by atoms with Gasteiger partial charge in [-0.2, -0.15) is 5.10 Å². The highest BCUT2D eigenvalue weighted by Gasteiger charge is 2.14. The van der Waals surface area contributed by atoms with Crippen LogP contribution in [0.1, 0.15) is 16.2 Å². The molecule has 0 bridgehead atoms. The molecular weight excluding hydrogens is 234 g/mol. The molecular formula is C12H9N3O3. The Labute approximate surface area is 101 Å². The Bertz CT molecular complexity index is 742. The lowest BCUT2D eigenvalue weighted by Crippen LogP contribution is -2.07. The Kier molecular flexibility index (Phi) is 2.16. The van der Waals surface area contributed by atoms with Gasteiger partial charge in [-0.15, -0.1) is 0 Å². The van der Waals surface area contributed by atoms with Crippen LogP contribution in [0.2, 0.25) is 0 Å². The summed E-state index contributed by atoms with van der Waals surface area (Å²) < 4.78 is 6.72. The van der Waals surface area contributed by atoms with Crippen LogP contribution in [-0.4, -0.2) is 25.7 Å². The predicted molar refractivity (Wildman–Crippen MR) is 62.4 cm³/mol. The van der Waals surface area contributed by atoms with Crippen LogP contribution in [0.25, 0.3) is 17.1 Å². The van der Waals surface area contributed by atoms with E-state index in [1.807, 2.05) is 6.92 Å². The van der Waals surface area contributed by atoms with Gasteiger partial charge in [-0.25, -0.2) is 14.3 Å². The summed E-state index contributed by atoms with van der Waals surface area (Å²) >= 11 is 0. The van der Waals surface area contributed by atoms with E-state index in [-0.39, 0.29) is 5.69 Å². The summed E-state index contributed by atoms with van der Waals surface area (Å²) in [5, 5.41) is 13.1. The largest absolute Gasteiger partial charge is 0.477 e. The zero-order valence-electron chi connectivity index (χ0n) is 9.49. The van der Waals surface area contributed by atoms with E-state index in [0.717, 1.165) is 5.76 Å². The zero-order valence-corrected chi connectivity index (χ0v) is 9.49. The van der Waals surface area contributed by atoms with Crippen LogP contribution in [0.5, 0.6) is 0 Å². The average Bonchev–Trinajstić information content (AvgIpc) is 2.95. The molecule has 3 aromatic rings. The highest BCUT2D eigenvalue weighted by atomic mass is 16.4. The van der Waals surface area contributed by atoms with Crippen molar-refractivity contribution in [3.05, 3.63) is 41.9 Å². The highest BCUT2D eigenvalue weighted by molar-refractivity contribution is 5.87. The van der Waals surface area contributed by atoms with Crippen molar-refractivity contribution in [3.63, 3.8) is 0 Å². The van der Waals surface area contributed by atoms with Crippen molar-refractivity contribution in [1.82, 2.24) is 14.6 Å². The first kappa shape index (κ1) is 10.5. The van der Waals surface area contributed by atoms with Crippen LogP contribution in [0, 0.1) is 6.92 Å². The number of aromatic nitrogens is 3. The van der Waals surface area contributed by atoms with Gasteiger partial charge in [-0.1, -0.05) is 0 Å². The second-order valence-corrected chi connectivity index (χ2v) is 3.84. The van der Waals surface area contributed by atoms with Gasteiger partial charge in [-0.3, -0.25) is 0 Å². The minimum atomic E-state index is -1.06. The first-order valence-corrected chi connectivity index (χ1v) is 5.30. The lowest BCUT2D eigenvalue weighted by molar-refractivity contribution is 0.0687. The Morgan fingerprint density at radius 1 is 1.39 bits per heavy atom. The number of aryl methyl sites for hydroxylation is 1. The third-order valence-electron chi connectivity index (χ3n) is 2.57. The van der Waals surface area contributed by atoms with Gasteiger partial charge in [0.2, 0.25) is 0 Å². The number of hydrogen-bond acceptors (Lipinski definition) is 4. The third kappa shape index (κ3) is 1.55. The van der Waals surface area contributed by atoms with E-state index in [4.69, 9.17) is 9.52 Å². The molecule has 6 nitrogen and oxygen atoms in total. The molecule has 0 radical (unpaired) electrons. The molecule has 18 heavy (non-hydrogen) atoms. The van der Waals surface area contributed by atoms with Crippen LogP contribution < -0.4 is 0 Å². The lowest BCUT2D eigenvalue weighted by Gasteiger charge is -2.02. The summed E-state index contributed by atoms with van der Waals surface area (Å²) in [7, 11) is 0. The van der Waals surface area contributed by atoms with E-state index in [2.05, 4.69) is 10.1 Å². The molecule has 90 valence electrons. The van der Waals surface area contributed by atoms with Crippen molar-refractivity contribution in [1.29, 1.82) is 0 Å². The van der Waals surface area contributed by atoms with Gasteiger partial charge in [0.1, 0.15) is 11.5 Å². The van der Waals surface area contributed by atoms with Gasteiger partial charge < -0.3 is 9.52 Å². The van der Waals surface area contributed by atoms with Gasteiger partial charge >= 0.3 is 5.97 Å². The van der Waals surface area contributed by atoms with Gasteiger partial charge in [-0.05, 0) is 19.1 Å². The molecule has 0 aliphatic heterocycles. The Balaban J connectivity index is 2.27. The molecule has 0 aliphatic carbocycles. The van der Waals surface area contributed by atoms with Gasteiger partial charge in [0.05, 0.1) is 6.20 Å². The number of aromatic carboxylic acids is 1. The van der Waals surface area contributed by atoms with Crippen molar-refractivity contribution in [2.24, 2.45) is 0 Å². The Morgan fingerprint density at radius 2 is 2.22 bits per heavy atom. The molecule has 0 saturated carbocycles. The standard InChI is InChI=1S/C12H9N3O3/c1-7-2-3-10(18-7)8-6-9(12(16)17)15-11(14-8)4-5-13-15/h2-6H,1H3,(H,16,17). The minimum absolute atomic E-state index is 0.0500. The fourth-order valence-corrected chi connectivity index (χ4v) is 1.76. The number of furan rings is 1. The van der Waals surface area contributed by atoms with Gasteiger partial charge in [0, 0.05) is 12.1 Å². The maximum absolute atomic E-state index is 11.2. The monoisotopic (exact) mass is 243 g/mol. The second kappa shape index (κ2) is 3.69. The molecule has 0 aromatic carbocycles. The van der Waals surface area contributed by atoms with Crippen molar-refractivity contribution in [2.75, 3.05) is 0 Å². The Hall–Kier alpha value is -2.63. The van der Waals surface area contributed by atoms with E-state index in [0.29, 0.717) is 17.1 Å². The second-order valence-electron chi connectivity index (χ2n) is 3.84.